The number of hydrogen-bond donors (Lipinski definition) is 0. The standard InChI is InChI=1S/C25H24N2O2/c1-15-11-22-19-8-3-6-17(19)14-26-24(16-5-2-7-18(13-16)27(28)29)21-10-4-9-20(21)23(12-15)25(22)26/h2-5,7-9,11-13,17,19-21,24H,6,10,14H2,1H3/t17-,19+,20+,21-,24+/m1/s1. The van der Waals surface area contributed by atoms with Crippen molar-refractivity contribution in [2.75, 3.05) is 11.4 Å². The summed E-state index contributed by atoms with van der Waals surface area (Å²) >= 11 is 0. The van der Waals surface area contributed by atoms with Crippen LogP contribution in [0.5, 0.6) is 0 Å². The van der Waals surface area contributed by atoms with Gasteiger partial charge in [0.2, 0.25) is 0 Å². The fourth-order valence-electron chi connectivity index (χ4n) is 6.33. The Kier molecular flexibility index (Phi) is 3.55. The van der Waals surface area contributed by atoms with Gasteiger partial charge in [-0.1, -0.05) is 54.1 Å². The predicted molar refractivity (Wildman–Crippen MR) is 114 cm³/mol. The van der Waals surface area contributed by atoms with E-state index in [1.54, 1.807) is 12.1 Å². The van der Waals surface area contributed by atoms with Gasteiger partial charge in [0.15, 0.2) is 0 Å². The van der Waals surface area contributed by atoms with Gasteiger partial charge in [0.05, 0.1) is 11.0 Å². The second kappa shape index (κ2) is 6.06. The summed E-state index contributed by atoms with van der Waals surface area (Å²) in [5.74, 6) is 1.94. The molecule has 0 unspecified atom stereocenters. The molecule has 0 N–H and O–H groups in total. The molecule has 2 aromatic rings. The van der Waals surface area contributed by atoms with Crippen LogP contribution in [0.1, 0.15) is 53.0 Å². The topological polar surface area (TPSA) is 46.4 Å². The summed E-state index contributed by atoms with van der Waals surface area (Å²) in [6, 6.07) is 12.3. The first kappa shape index (κ1) is 17.0. The number of fused-ring (bicyclic) bond motifs is 4. The molecule has 0 saturated heterocycles. The average molecular weight is 384 g/mol. The van der Waals surface area contributed by atoms with E-state index in [0.717, 1.165) is 24.9 Å². The minimum absolute atomic E-state index is 0.186. The van der Waals surface area contributed by atoms with Crippen molar-refractivity contribution in [3.63, 3.8) is 0 Å². The van der Waals surface area contributed by atoms with Gasteiger partial charge < -0.3 is 4.90 Å². The molecule has 29 heavy (non-hydrogen) atoms. The van der Waals surface area contributed by atoms with Crippen molar-refractivity contribution < 1.29 is 4.92 Å². The summed E-state index contributed by atoms with van der Waals surface area (Å²) in [6.45, 7) is 3.24. The van der Waals surface area contributed by atoms with Crippen LogP contribution >= 0.6 is 0 Å². The highest BCUT2D eigenvalue weighted by Crippen LogP contribution is 2.59. The van der Waals surface area contributed by atoms with Crippen LogP contribution in [0.15, 0.2) is 60.7 Å². The molecule has 0 aromatic heterocycles. The van der Waals surface area contributed by atoms with Gasteiger partial charge in [-0.15, -0.1) is 0 Å². The number of nitro benzene ring substituents is 1. The first-order valence-corrected chi connectivity index (χ1v) is 10.6. The predicted octanol–water partition coefficient (Wildman–Crippen LogP) is 5.80. The molecule has 0 saturated carbocycles. The maximum absolute atomic E-state index is 11.4. The lowest BCUT2D eigenvalue weighted by Gasteiger charge is -2.51. The largest absolute Gasteiger partial charge is 0.363 e. The van der Waals surface area contributed by atoms with Crippen LogP contribution in [0.2, 0.25) is 0 Å². The van der Waals surface area contributed by atoms with Crippen LogP contribution in [-0.4, -0.2) is 11.5 Å². The summed E-state index contributed by atoms with van der Waals surface area (Å²) in [4.78, 5) is 13.8. The molecule has 0 bridgehead atoms. The van der Waals surface area contributed by atoms with E-state index in [1.807, 2.05) is 6.07 Å². The fraction of sp³-hybridized carbons (Fsp3) is 0.360. The first-order chi connectivity index (χ1) is 14.1. The normalized spacial score (nSPS) is 30.8. The Morgan fingerprint density at radius 3 is 2.62 bits per heavy atom. The van der Waals surface area contributed by atoms with Gasteiger partial charge >= 0.3 is 0 Å². The molecule has 2 heterocycles. The number of rotatable bonds is 2. The Labute approximate surface area is 170 Å². The summed E-state index contributed by atoms with van der Waals surface area (Å²) in [5, 5.41) is 11.4. The maximum atomic E-state index is 11.4. The van der Waals surface area contributed by atoms with Gasteiger partial charge in [0.1, 0.15) is 0 Å². The molecular weight excluding hydrogens is 360 g/mol. The highest BCUT2D eigenvalue weighted by molar-refractivity contribution is 5.71. The molecule has 2 aromatic carbocycles. The van der Waals surface area contributed by atoms with Crippen LogP contribution < -0.4 is 4.90 Å². The second-order valence-electron chi connectivity index (χ2n) is 9.04. The van der Waals surface area contributed by atoms with Gasteiger partial charge in [0, 0.05) is 36.2 Å². The summed E-state index contributed by atoms with van der Waals surface area (Å²) < 4.78 is 0. The molecule has 0 fully saturated rings. The van der Waals surface area contributed by atoms with E-state index in [0.29, 0.717) is 23.7 Å². The monoisotopic (exact) mass is 384 g/mol. The number of aryl methyl sites for hydroxylation is 1. The average Bonchev–Trinajstić information content (AvgIpc) is 3.37. The van der Waals surface area contributed by atoms with Crippen molar-refractivity contribution in [2.45, 2.75) is 37.6 Å². The summed E-state index contributed by atoms with van der Waals surface area (Å²) in [7, 11) is 0. The Morgan fingerprint density at radius 2 is 1.79 bits per heavy atom. The smallest absolute Gasteiger partial charge is 0.269 e. The second-order valence-corrected chi connectivity index (χ2v) is 9.04. The lowest BCUT2D eigenvalue weighted by atomic mass is 9.70. The van der Waals surface area contributed by atoms with Crippen LogP contribution in [0.3, 0.4) is 0 Å². The molecule has 0 radical (unpaired) electrons. The number of nitro groups is 1. The van der Waals surface area contributed by atoms with Crippen molar-refractivity contribution in [1.82, 2.24) is 0 Å². The number of anilines is 1. The third-order valence-electron chi connectivity index (χ3n) is 7.42. The van der Waals surface area contributed by atoms with Crippen molar-refractivity contribution >= 4 is 11.4 Å². The van der Waals surface area contributed by atoms with E-state index >= 15 is 0 Å². The van der Waals surface area contributed by atoms with Crippen molar-refractivity contribution in [3.05, 3.63) is 93.1 Å². The van der Waals surface area contributed by atoms with E-state index in [-0.39, 0.29) is 16.7 Å². The zero-order valence-electron chi connectivity index (χ0n) is 16.5. The highest BCUT2D eigenvalue weighted by atomic mass is 16.6. The number of nitrogens with zero attached hydrogens (tertiary/aromatic N) is 2. The molecule has 4 aliphatic rings. The van der Waals surface area contributed by atoms with Crippen molar-refractivity contribution in [3.8, 4) is 0 Å². The Hall–Kier alpha value is -2.88. The summed E-state index contributed by atoms with van der Waals surface area (Å²) in [6.07, 6.45) is 11.6. The molecule has 2 aliphatic heterocycles. The Bertz CT molecular complexity index is 1070. The lowest BCUT2D eigenvalue weighted by Crippen LogP contribution is -2.46. The van der Waals surface area contributed by atoms with Gasteiger partial charge in [-0.05, 0) is 48.3 Å². The van der Waals surface area contributed by atoms with Crippen LogP contribution in [-0.2, 0) is 0 Å². The fourth-order valence-corrected chi connectivity index (χ4v) is 6.33. The number of hydrogen-bond acceptors (Lipinski definition) is 3. The zero-order chi connectivity index (χ0) is 19.7. The van der Waals surface area contributed by atoms with Gasteiger partial charge in [-0.3, -0.25) is 10.1 Å². The van der Waals surface area contributed by atoms with Crippen molar-refractivity contribution in [2.24, 2.45) is 11.8 Å². The number of non-ortho nitro benzene ring substituents is 1. The minimum Gasteiger partial charge on any atom is -0.363 e. The molecule has 0 spiro atoms. The number of benzene rings is 2. The zero-order valence-corrected chi connectivity index (χ0v) is 16.5. The minimum atomic E-state index is -0.271. The molecule has 5 atom stereocenters. The van der Waals surface area contributed by atoms with E-state index in [4.69, 9.17) is 0 Å². The molecule has 6 rings (SSSR count). The Morgan fingerprint density at radius 1 is 1.03 bits per heavy atom. The quantitative estimate of drug-likeness (QED) is 0.374. The molecular formula is C25H24N2O2. The molecule has 146 valence electrons. The van der Waals surface area contributed by atoms with Gasteiger partial charge in [-0.2, -0.15) is 0 Å². The molecule has 4 nitrogen and oxygen atoms in total. The van der Waals surface area contributed by atoms with E-state index in [9.17, 15) is 10.1 Å². The van der Waals surface area contributed by atoms with Gasteiger partial charge in [-0.25, -0.2) is 0 Å². The molecule has 2 aliphatic carbocycles. The van der Waals surface area contributed by atoms with Crippen LogP contribution in [0, 0.1) is 28.9 Å². The highest BCUT2D eigenvalue weighted by Gasteiger charge is 2.47. The Balaban J connectivity index is 1.57. The molecule has 4 heteroatoms. The van der Waals surface area contributed by atoms with E-state index in [2.05, 4.69) is 54.3 Å². The first-order valence-electron chi connectivity index (χ1n) is 10.6. The van der Waals surface area contributed by atoms with Crippen molar-refractivity contribution in [1.29, 1.82) is 0 Å². The van der Waals surface area contributed by atoms with E-state index in [1.165, 1.54) is 22.4 Å². The van der Waals surface area contributed by atoms with Crippen LogP contribution in [0.25, 0.3) is 0 Å². The molecule has 0 amide bonds. The number of allylic oxidation sites excluding steroid dienone is 4. The van der Waals surface area contributed by atoms with E-state index < -0.39 is 0 Å². The third kappa shape index (κ3) is 2.38. The van der Waals surface area contributed by atoms with Crippen LogP contribution in [0.4, 0.5) is 11.4 Å². The maximum Gasteiger partial charge on any atom is 0.269 e. The SMILES string of the molecule is Cc1cc2c3c(c1)[C@H]1C=CC[C@H]1[C@H](c1cccc([N+](=O)[O-])c1)N3C[C@H]1CC=C[C@H]21. The van der Waals surface area contributed by atoms with Gasteiger partial charge in [0.25, 0.3) is 5.69 Å². The third-order valence-corrected chi connectivity index (χ3v) is 7.42. The lowest BCUT2D eigenvalue weighted by molar-refractivity contribution is -0.384. The summed E-state index contributed by atoms with van der Waals surface area (Å²) in [5.41, 5.74) is 6.93.